The van der Waals surface area contributed by atoms with E-state index in [2.05, 4.69) is 25.7 Å². The Labute approximate surface area is 251 Å². The average Bonchev–Trinajstić information content (AvgIpc) is 2.94. The average molecular weight is 589 g/mol. The number of nitrogens with two attached hydrogens (primary N) is 1. The van der Waals surface area contributed by atoms with Crippen LogP contribution in [0.15, 0.2) is 59.4 Å². The molecule has 0 heterocycles. The Balaban J connectivity index is 2.87. The minimum absolute atomic E-state index is 0.126. The van der Waals surface area contributed by atoms with Crippen LogP contribution in [0.5, 0.6) is 0 Å². The van der Waals surface area contributed by atoms with Gasteiger partial charge in [-0.1, -0.05) is 70.6 Å². The number of aliphatic hydroxyl groups excluding tert-OH is 1. The molecule has 1 aliphatic rings. The number of aliphatic hydroxyl groups is 1. The summed E-state index contributed by atoms with van der Waals surface area (Å²) in [4.78, 5) is 36.7. The molecule has 2 amide bonds. The number of nitrogens with one attached hydrogen (secondary N) is 1. The lowest BCUT2D eigenvalue weighted by Crippen LogP contribution is -2.35. The van der Waals surface area contributed by atoms with Crippen molar-refractivity contribution in [3.63, 3.8) is 0 Å². The lowest BCUT2D eigenvalue weighted by molar-refractivity contribution is -0.116. The molecule has 1 aliphatic carbocycles. The van der Waals surface area contributed by atoms with Crippen molar-refractivity contribution in [2.24, 2.45) is 17.6 Å². The fraction of sp³-hybridized carbons (Fsp3) is 0.606. The van der Waals surface area contributed by atoms with Gasteiger partial charge in [-0.15, -0.1) is 0 Å². The van der Waals surface area contributed by atoms with Gasteiger partial charge in [0.1, 0.15) is 12.2 Å². The highest BCUT2D eigenvalue weighted by Gasteiger charge is 2.26. The molecular weight excluding hydrogens is 536 g/mol. The van der Waals surface area contributed by atoms with Crippen molar-refractivity contribution in [3.8, 4) is 0 Å². The Morgan fingerprint density at radius 3 is 2.45 bits per heavy atom. The zero-order chi connectivity index (χ0) is 31.8. The molecule has 6 atom stereocenters. The van der Waals surface area contributed by atoms with Crippen LogP contribution in [-0.2, 0) is 23.8 Å². The van der Waals surface area contributed by atoms with Gasteiger partial charge < -0.3 is 30.4 Å². The van der Waals surface area contributed by atoms with E-state index >= 15 is 0 Å². The molecule has 0 radical (unpaired) electrons. The van der Waals surface area contributed by atoms with Gasteiger partial charge in [-0.05, 0) is 56.4 Å². The Hall–Kier alpha value is -3.01. The third-order valence-electron chi connectivity index (χ3n) is 7.54. The third-order valence-corrected chi connectivity index (χ3v) is 7.54. The highest BCUT2D eigenvalue weighted by Crippen LogP contribution is 2.28. The second kappa shape index (κ2) is 19.2. The van der Waals surface area contributed by atoms with E-state index in [1.807, 2.05) is 19.9 Å². The predicted molar refractivity (Wildman–Crippen MR) is 165 cm³/mol. The molecule has 0 saturated carbocycles. The number of methoxy groups -OCH3 is 2. The van der Waals surface area contributed by atoms with Gasteiger partial charge in [0.05, 0.1) is 12.2 Å². The summed E-state index contributed by atoms with van der Waals surface area (Å²) in [5, 5.41) is 13.6. The molecule has 236 valence electrons. The monoisotopic (exact) mass is 588 g/mol. The summed E-state index contributed by atoms with van der Waals surface area (Å²) in [5.41, 5.74) is 7.65. The van der Waals surface area contributed by atoms with Crippen LogP contribution in [0.4, 0.5) is 4.79 Å². The number of hydrogen-bond donors (Lipinski definition) is 3. The summed E-state index contributed by atoms with van der Waals surface area (Å²) >= 11 is 0. The van der Waals surface area contributed by atoms with Gasteiger partial charge in [0, 0.05) is 38.0 Å². The first-order chi connectivity index (χ1) is 19.9. The Bertz CT molecular complexity index is 1040. The van der Waals surface area contributed by atoms with Crippen molar-refractivity contribution in [1.82, 2.24) is 5.32 Å². The van der Waals surface area contributed by atoms with Crippen molar-refractivity contribution < 1.29 is 33.7 Å². The van der Waals surface area contributed by atoms with E-state index in [4.69, 9.17) is 19.9 Å². The molecular formula is C33H52N2O7. The van der Waals surface area contributed by atoms with Crippen LogP contribution >= 0.6 is 0 Å². The van der Waals surface area contributed by atoms with Crippen LogP contribution < -0.4 is 11.1 Å². The van der Waals surface area contributed by atoms with E-state index in [1.54, 1.807) is 32.3 Å². The molecule has 9 heteroatoms. The van der Waals surface area contributed by atoms with Gasteiger partial charge >= 0.3 is 6.09 Å². The second-order valence-corrected chi connectivity index (χ2v) is 11.2. The van der Waals surface area contributed by atoms with E-state index in [9.17, 15) is 19.5 Å². The number of ketones is 1. The van der Waals surface area contributed by atoms with Crippen LogP contribution in [-0.4, -0.2) is 61.5 Å². The van der Waals surface area contributed by atoms with Gasteiger partial charge in [0.25, 0.3) is 5.91 Å². The molecule has 0 aromatic rings. The molecule has 0 bridgehead atoms. The molecule has 0 aromatic heterocycles. The number of ether oxygens (including phenoxy) is 3. The maximum atomic E-state index is 12.9. The predicted octanol–water partition coefficient (Wildman–Crippen LogP) is 5.45. The number of allylic oxidation sites excluding steroid dienone is 6. The maximum absolute atomic E-state index is 12.9. The molecule has 1 rings (SSSR count). The number of primary amides is 1. The number of carbonyl (C=O) groups excluding carboxylic acids is 3. The summed E-state index contributed by atoms with van der Waals surface area (Å²) in [6.07, 6.45) is 10.2. The number of carbonyl (C=O) groups is 3. The molecule has 42 heavy (non-hydrogen) atoms. The van der Waals surface area contributed by atoms with Crippen LogP contribution in [0, 0.1) is 11.8 Å². The number of hydrogen-bond acceptors (Lipinski definition) is 7. The van der Waals surface area contributed by atoms with E-state index < -0.39 is 24.4 Å². The van der Waals surface area contributed by atoms with E-state index in [-0.39, 0.29) is 36.1 Å². The number of amides is 2. The maximum Gasteiger partial charge on any atom is 0.404 e. The second-order valence-electron chi connectivity index (χ2n) is 11.2. The van der Waals surface area contributed by atoms with E-state index in [1.165, 1.54) is 13.2 Å². The minimum Gasteiger partial charge on any atom is -0.443 e. The molecule has 0 aromatic carbocycles. The third kappa shape index (κ3) is 12.9. The molecule has 0 fully saturated rings. The van der Waals surface area contributed by atoms with Gasteiger partial charge in [0.2, 0.25) is 0 Å². The summed E-state index contributed by atoms with van der Waals surface area (Å²) in [6.45, 7) is 13.9. The first-order valence-electron chi connectivity index (χ1n) is 14.8. The van der Waals surface area contributed by atoms with Crippen molar-refractivity contribution in [1.29, 1.82) is 0 Å². The molecule has 0 spiro atoms. The first-order valence-corrected chi connectivity index (χ1v) is 14.8. The quantitative estimate of drug-likeness (QED) is 0.117. The summed E-state index contributed by atoms with van der Waals surface area (Å²) in [6, 6.07) is 0. The van der Waals surface area contributed by atoms with Crippen LogP contribution in [0.1, 0.15) is 79.6 Å². The first kappa shape index (κ1) is 37.0. The standard InChI is InChI=1S/C33H52N2O7/c1-9-12-22(4)31(37)30(41-8)18-21(3)17-25-15-16-26(36)20-27(24(6)19-25)35-32(38)23(5)13-11-14-29(40-7)28(10-2)42-33(34)39/h11,13-15,20-22,28-31,37H,6,9-10,12,16-19H2,1-5,7-8H3,(H2,34,39)(H,35,38)/b14-11-,23-13+,25-15-,27-20+/t21-,22?,28?,29?,30?,31?/m1/s1. The normalized spacial score (nSPS) is 21.6. The van der Waals surface area contributed by atoms with Crippen molar-refractivity contribution in [2.45, 2.75) is 104 Å². The van der Waals surface area contributed by atoms with Crippen molar-refractivity contribution in [2.75, 3.05) is 14.2 Å². The van der Waals surface area contributed by atoms with E-state index in [0.29, 0.717) is 36.1 Å². The summed E-state index contributed by atoms with van der Waals surface area (Å²) < 4.78 is 16.1. The molecule has 5 unspecified atom stereocenters. The lowest BCUT2D eigenvalue weighted by Gasteiger charge is -2.29. The lowest BCUT2D eigenvalue weighted by atomic mass is 9.86. The zero-order valence-corrected chi connectivity index (χ0v) is 26.5. The SMILES string of the molecule is C=C1C/C(C[C@@H](C)CC(OC)C(O)C(C)CCC)=C\CC(=O)/C=C\1NC(=O)/C(C)=C/C=C\C(OC)C(CC)OC(N)=O. The topological polar surface area (TPSA) is 137 Å². The Kier molecular flexibility index (Phi) is 16.9. The zero-order valence-electron chi connectivity index (χ0n) is 26.5. The molecule has 9 nitrogen and oxygen atoms in total. The van der Waals surface area contributed by atoms with Crippen molar-refractivity contribution in [3.05, 3.63) is 59.4 Å². The Morgan fingerprint density at radius 1 is 1.19 bits per heavy atom. The van der Waals surface area contributed by atoms with Gasteiger partial charge in [-0.25, -0.2) is 4.79 Å². The highest BCUT2D eigenvalue weighted by molar-refractivity contribution is 5.97. The Morgan fingerprint density at radius 2 is 1.88 bits per heavy atom. The van der Waals surface area contributed by atoms with E-state index in [0.717, 1.165) is 24.8 Å². The minimum atomic E-state index is -0.881. The largest absolute Gasteiger partial charge is 0.443 e. The molecule has 0 saturated heterocycles. The summed E-state index contributed by atoms with van der Waals surface area (Å²) in [5.74, 6) is -0.131. The summed E-state index contributed by atoms with van der Waals surface area (Å²) in [7, 11) is 3.13. The van der Waals surface area contributed by atoms with Crippen molar-refractivity contribution >= 4 is 17.8 Å². The van der Waals surface area contributed by atoms with Crippen LogP contribution in [0.2, 0.25) is 0 Å². The number of rotatable bonds is 17. The van der Waals surface area contributed by atoms with Gasteiger partial charge in [0.15, 0.2) is 5.78 Å². The molecule has 4 N–H and O–H groups in total. The van der Waals surface area contributed by atoms with Gasteiger partial charge in [-0.3, -0.25) is 9.59 Å². The highest BCUT2D eigenvalue weighted by atomic mass is 16.6. The fourth-order valence-corrected chi connectivity index (χ4v) is 5.08. The molecule has 0 aliphatic heterocycles. The smallest absolute Gasteiger partial charge is 0.404 e. The van der Waals surface area contributed by atoms with Gasteiger partial charge in [-0.2, -0.15) is 0 Å². The van der Waals surface area contributed by atoms with Crippen LogP contribution in [0.3, 0.4) is 0 Å². The van der Waals surface area contributed by atoms with Crippen LogP contribution in [0.25, 0.3) is 0 Å². The fourth-order valence-electron chi connectivity index (χ4n) is 5.08.